The van der Waals surface area contributed by atoms with E-state index in [-0.39, 0.29) is 13.2 Å². The van der Waals surface area contributed by atoms with Crippen LogP contribution in [0.4, 0.5) is 0 Å². The topological polar surface area (TPSA) is 49.7 Å². The summed E-state index contributed by atoms with van der Waals surface area (Å²) >= 11 is 0. The lowest BCUT2D eigenvalue weighted by molar-refractivity contribution is 0.186. The molecule has 0 amide bonds. The standard InChI is InChI=1S/C24H40O.C2H6O2/c1-2-3-4-5-6-7-8-9-10-11-12-13-14-15-16-20-23-25-24-21-18-17-19-22-24;3-1-2-4/h9-10,17-19,21-22H,2-8,11-16,20,23H2,1H3;3-4H,1-2H2/b10-9-;. The van der Waals surface area contributed by atoms with Gasteiger partial charge in [0, 0.05) is 0 Å². The Hall–Kier alpha value is -1.32. The quantitative estimate of drug-likeness (QED) is 0.202. The highest BCUT2D eigenvalue weighted by Gasteiger charge is 1.94. The molecule has 0 saturated heterocycles. The second-order valence-corrected chi connectivity index (χ2v) is 7.55. The van der Waals surface area contributed by atoms with E-state index >= 15 is 0 Å². The second-order valence-electron chi connectivity index (χ2n) is 7.55. The number of benzene rings is 1. The Morgan fingerprint density at radius 2 is 1.14 bits per heavy atom. The summed E-state index contributed by atoms with van der Waals surface area (Å²) in [6, 6.07) is 10.1. The molecule has 1 rings (SSSR count). The first kappa shape index (κ1) is 27.7. The van der Waals surface area contributed by atoms with Crippen LogP contribution >= 0.6 is 0 Å². The lowest BCUT2D eigenvalue weighted by Crippen LogP contribution is -1.96. The highest BCUT2D eigenvalue weighted by Crippen LogP contribution is 2.12. The lowest BCUT2D eigenvalue weighted by Gasteiger charge is -2.05. The molecule has 3 heteroatoms. The van der Waals surface area contributed by atoms with Gasteiger partial charge >= 0.3 is 0 Å². The van der Waals surface area contributed by atoms with Crippen LogP contribution in [-0.2, 0) is 0 Å². The van der Waals surface area contributed by atoms with Gasteiger partial charge in [0.05, 0.1) is 19.8 Å². The maximum absolute atomic E-state index is 7.62. The Bertz CT molecular complexity index is 429. The van der Waals surface area contributed by atoms with Crippen LogP contribution in [0.3, 0.4) is 0 Å². The molecule has 29 heavy (non-hydrogen) atoms. The van der Waals surface area contributed by atoms with Crippen LogP contribution in [0.25, 0.3) is 0 Å². The van der Waals surface area contributed by atoms with Crippen LogP contribution in [0.5, 0.6) is 5.75 Å². The third-order valence-corrected chi connectivity index (χ3v) is 4.77. The first-order chi connectivity index (χ1) is 14.3. The molecule has 0 radical (unpaired) electrons. The van der Waals surface area contributed by atoms with E-state index in [0.717, 1.165) is 12.4 Å². The van der Waals surface area contributed by atoms with Gasteiger partial charge in [-0.05, 0) is 44.2 Å². The molecule has 0 bridgehead atoms. The van der Waals surface area contributed by atoms with E-state index in [9.17, 15) is 0 Å². The van der Waals surface area contributed by atoms with E-state index in [1.165, 1.54) is 89.9 Å². The summed E-state index contributed by atoms with van der Waals surface area (Å²) in [5.41, 5.74) is 0. The van der Waals surface area contributed by atoms with Crippen molar-refractivity contribution in [3.8, 4) is 5.75 Å². The number of hydrogen-bond donors (Lipinski definition) is 2. The number of ether oxygens (including phenoxy) is 1. The van der Waals surface area contributed by atoms with Gasteiger partial charge < -0.3 is 14.9 Å². The predicted molar refractivity (Wildman–Crippen MR) is 126 cm³/mol. The molecule has 1 aromatic rings. The molecule has 0 aliphatic carbocycles. The summed E-state index contributed by atoms with van der Waals surface area (Å²) in [6.45, 7) is 2.88. The smallest absolute Gasteiger partial charge is 0.119 e. The third-order valence-electron chi connectivity index (χ3n) is 4.77. The Morgan fingerprint density at radius 1 is 0.655 bits per heavy atom. The zero-order valence-corrected chi connectivity index (χ0v) is 18.9. The fourth-order valence-corrected chi connectivity index (χ4v) is 3.06. The molecule has 1 aromatic carbocycles. The van der Waals surface area contributed by atoms with Gasteiger partial charge in [-0.2, -0.15) is 0 Å². The van der Waals surface area contributed by atoms with Crippen LogP contribution in [0, 0.1) is 0 Å². The van der Waals surface area contributed by atoms with Crippen LogP contribution in [-0.4, -0.2) is 30.0 Å². The SMILES string of the molecule is CCCCCCCC/C=C\CCCCCCCCOc1ccccc1.OCCO. The zero-order chi connectivity index (χ0) is 21.3. The zero-order valence-electron chi connectivity index (χ0n) is 18.9. The number of para-hydroxylation sites is 1. The molecular weight excluding hydrogens is 360 g/mol. The predicted octanol–water partition coefficient (Wildman–Crippen LogP) is 7.07. The minimum absolute atomic E-state index is 0.125. The third kappa shape index (κ3) is 22.8. The molecule has 0 aromatic heterocycles. The fraction of sp³-hybridized carbons (Fsp3) is 0.692. The van der Waals surface area contributed by atoms with Crippen molar-refractivity contribution < 1.29 is 14.9 Å². The van der Waals surface area contributed by atoms with E-state index in [1.54, 1.807) is 0 Å². The molecule has 168 valence electrons. The molecule has 0 heterocycles. The summed E-state index contributed by atoms with van der Waals surface area (Å²) in [7, 11) is 0. The maximum atomic E-state index is 7.62. The van der Waals surface area contributed by atoms with Crippen molar-refractivity contribution in [2.45, 2.75) is 96.8 Å². The van der Waals surface area contributed by atoms with Gasteiger partial charge in [0.15, 0.2) is 0 Å². The van der Waals surface area contributed by atoms with Crippen molar-refractivity contribution in [1.82, 2.24) is 0 Å². The van der Waals surface area contributed by atoms with Gasteiger partial charge in [-0.3, -0.25) is 0 Å². The highest BCUT2D eigenvalue weighted by atomic mass is 16.5. The number of aliphatic hydroxyl groups is 2. The Balaban J connectivity index is 0.00000178. The van der Waals surface area contributed by atoms with E-state index in [1.807, 2.05) is 30.3 Å². The second kappa shape index (κ2) is 24.7. The first-order valence-electron chi connectivity index (χ1n) is 11.9. The molecule has 3 nitrogen and oxygen atoms in total. The van der Waals surface area contributed by atoms with Gasteiger partial charge in [0.25, 0.3) is 0 Å². The first-order valence-corrected chi connectivity index (χ1v) is 11.9. The Labute approximate surface area is 180 Å². The summed E-state index contributed by atoms with van der Waals surface area (Å²) in [5.74, 6) is 0.996. The number of aliphatic hydroxyl groups excluding tert-OH is 2. The van der Waals surface area contributed by atoms with E-state index in [4.69, 9.17) is 14.9 Å². The Morgan fingerprint density at radius 3 is 1.66 bits per heavy atom. The molecular formula is C26H46O3. The number of unbranched alkanes of at least 4 members (excludes halogenated alkanes) is 12. The highest BCUT2D eigenvalue weighted by molar-refractivity contribution is 5.20. The van der Waals surface area contributed by atoms with Crippen LogP contribution in [0.15, 0.2) is 42.5 Å². The average molecular weight is 407 g/mol. The molecule has 2 N–H and O–H groups in total. The maximum Gasteiger partial charge on any atom is 0.119 e. The van der Waals surface area contributed by atoms with Crippen molar-refractivity contribution in [2.24, 2.45) is 0 Å². The number of hydrogen-bond acceptors (Lipinski definition) is 3. The van der Waals surface area contributed by atoms with Crippen LogP contribution < -0.4 is 4.74 Å². The van der Waals surface area contributed by atoms with Crippen molar-refractivity contribution >= 4 is 0 Å². The van der Waals surface area contributed by atoms with Crippen molar-refractivity contribution in [1.29, 1.82) is 0 Å². The number of allylic oxidation sites excluding steroid dienone is 2. The van der Waals surface area contributed by atoms with Crippen molar-refractivity contribution in [3.63, 3.8) is 0 Å². The summed E-state index contributed by atoms with van der Waals surface area (Å²) in [4.78, 5) is 0. The fourth-order valence-electron chi connectivity index (χ4n) is 3.06. The molecule has 0 saturated carbocycles. The molecule has 0 unspecified atom stereocenters. The van der Waals surface area contributed by atoms with Crippen molar-refractivity contribution in [3.05, 3.63) is 42.5 Å². The summed E-state index contributed by atoms with van der Waals surface area (Å²) < 4.78 is 5.72. The van der Waals surface area contributed by atoms with E-state index < -0.39 is 0 Å². The lowest BCUT2D eigenvalue weighted by atomic mass is 10.1. The average Bonchev–Trinajstić information content (AvgIpc) is 2.77. The van der Waals surface area contributed by atoms with Gasteiger partial charge in [0.2, 0.25) is 0 Å². The molecule has 0 aliphatic heterocycles. The minimum Gasteiger partial charge on any atom is -0.494 e. The van der Waals surface area contributed by atoms with Gasteiger partial charge in [-0.25, -0.2) is 0 Å². The normalized spacial score (nSPS) is 10.7. The summed E-state index contributed by atoms with van der Waals surface area (Å²) in [6.07, 6.45) is 23.7. The van der Waals surface area contributed by atoms with Crippen LogP contribution in [0.1, 0.15) is 96.8 Å². The molecule has 0 atom stereocenters. The monoisotopic (exact) mass is 406 g/mol. The van der Waals surface area contributed by atoms with E-state index in [2.05, 4.69) is 19.1 Å². The van der Waals surface area contributed by atoms with Crippen molar-refractivity contribution in [2.75, 3.05) is 19.8 Å². The van der Waals surface area contributed by atoms with Gasteiger partial charge in [-0.15, -0.1) is 0 Å². The largest absolute Gasteiger partial charge is 0.494 e. The minimum atomic E-state index is -0.125. The van der Waals surface area contributed by atoms with Gasteiger partial charge in [-0.1, -0.05) is 95.1 Å². The molecule has 0 fully saturated rings. The Kier molecular flexibility index (Phi) is 23.6. The van der Waals surface area contributed by atoms with Gasteiger partial charge in [0.1, 0.15) is 5.75 Å². The van der Waals surface area contributed by atoms with E-state index in [0.29, 0.717) is 0 Å². The number of rotatable bonds is 18. The van der Waals surface area contributed by atoms with Crippen LogP contribution in [0.2, 0.25) is 0 Å². The molecule has 0 spiro atoms. The summed E-state index contributed by atoms with van der Waals surface area (Å²) in [5, 5.41) is 15.2. The molecule has 0 aliphatic rings.